The molecule has 0 aliphatic heterocycles. The molecule has 2 aromatic rings. The van der Waals surface area contributed by atoms with Gasteiger partial charge in [0.05, 0.1) is 5.56 Å². The van der Waals surface area contributed by atoms with E-state index in [0.717, 1.165) is 18.2 Å². The van der Waals surface area contributed by atoms with Crippen molar-refractivity contribution in [1.82, 2.24) is 0 Å². The van der Waals surface area contributed by atoms with Crippen LogP contribution in [0.1, 0.15) is 10.4 Å². The van der Waals surface area contributed by atoms with Gasteiger partial charge in [-0.1, -0.05) is 24.3 Å². The zero-order chi connectivity index (χ0) is 15.6. The van der Waals surface area contributed by atoms with E-state index in [4.69, 9.17) is 5.73 Å². The minimum atomic E-state index is -4.86. The Labute approximate surface area is 116 Å². The zero-order valence-corrected chi connectivity index (χ0v) is 10.4. The van der Waals surface area contributed by atoms with Crippen molar-refractivity contribution in [3.8, 4) is 16.9 Å². The van der Waals surface area contributed by atoms with Crippen LogP contribution in [0.4, 0.5) is 17.6 Å². The molecule has 0 aliphatic carbocycles. The number of para-hydroxylation sites is 1. The molecule has 0 heterocycles. The van der Waals surface area contributed by atoms with Crippen molar-refractivity contribution < 1.29 is 27.1 Å². The van der Waals surface area contributed by atoms with Gasteiger partial charge in [0.25, 0.3) is 5.91 Å². The molecule has 0 fully saturated rings. The molecular formula is C14H9F4NO2. The van der Waals surface area contributed by atoms with Crippen LogP contribution in [0.25, 0.3) is 11.1 Å². The predicted molar refractivity (Wildman–Crippen MR) is 67.0 cm³/mol. The molecule has 2 aromatic carbocycles. The summed E-state index contributed by atoms with van der Waals surface area (Å²) in [5.74, 6) is -2.31. The molecule has 0 aromatic heterocycles. The average Bonchev–Trinajstić information content (AvgIpc) is 2.38. The van der Waals surface area contributed by atoms with Gasteiger partial charge in [-0.3, -0.25) is 4.79 Å². The Hall–Kier alpha value is -2.57. The molecule has 0 aliphatic rings. The second-order valence-corrected chi connectivity index (χ2v) is 4.10. The lowest BCUT2D eigenvalue weighted by Crippen LogP contribution is -2.17. The minimum absolute atomic E-state index is 0.0670. The van der Waals surface area contributed by atoms with Gasteiger partial charge in [0.1, 0.15) is 11.6 Å². The largest absolute Gasteiger partial charge is 0.573 e. The van der Waals surface area contributed by atoms with E-state index in [1.54, 1.807) is 0 Å². The molecule has 0 saturated heterocycles. The Morgan fingerprint density at radius 1 is 1.10 bits per heavy atom. The van der Waals surface area contributed by atoms with E-state index in [2.05, 4.69) is 4.74 Å². The van der Waals surface area contributed by atoms with Crippen molar-refractivity contribution in [1.29, 1.82) is 0 Å². The van der Waals surface area contributed by atoms with Gasteiger partial charge in [0, 0.05) is 5.56 Å². The molecule has 3 nitrogen and oxygen atoms in total. The van der Waals surface area contributed by atoms with Crippen LogP contribution in [-0.4, -0.2) is 12.3 Å². The molecule has 0 radical (unpaired) electrons. The number of primary amides is 1. The van der Waals surface area contributed by atoms with E-state index in [1.807, 2.05) is 0 Å². The molecule has 0 spiro atoms. The summed E-state index contributed by atoms with van der Waals surface area (Å²) in [4.78, 5) is 11.1. The van der Waals surface area contributed by atoms with Crippen molar-refractivity contribution in [2.24, 2.45) is 5.73 Å². The Bertz CT molecular complexity index is 683. The van der Waals surface area contributed by atoms with Crippen LogP contribution >= 0.6 is 0 Å². The zero-order valence-electron chi connectivity index (χ0n) is 10.4. The molecule has 1 amide bonds. The molecule has 0 saturated carbocycles. The number of benzene rings is 2. The first-order valence-corrected chi connectivity index (χ1v) is 5.72. The second kappa shape index (κ2) is 5.43. The third-order valence-corrected chi connectivity index (χ3v) is 2.66. The second-order valence-electron chi connectivity index (χ2n) is 4.10. The number of alkyl halides is 3. The van der Waals surface area contributed by atoms with E-state index >= 15 is 0 Å². The number of amides is 1. The molecule has 7 heteroatoms. The van der Waals surface area contributed by atoms with Crippen molar-refractivity contribution >= 4 is 5.91 Å². The van der Waals surface area contributed by atoms with Gasteiger partial charge in [-0.2, -0.15) is 0 Å². The lowest BCUT2D eigenvalue weighted by atomic mass is 10.0. The first-order chi connectivity index (χ1) is 9.78. The number of hydrogen-bond donors (Lipinski definition) is 1. The minimum Gasteiger partial charge on any atom is -0.405 e. The summed E-state index contributed by atoms with van der Waals surface area (Å²) in [6.07, 6.45) is -4.86. The maximum Gasteiger partial charge on any atom is 0.573 e. The maximum atomic E-state index is 13.4. The first-order valence-electron chi connectivity index (χ1n) is 5.72. The highest BCUT2D eigenvalue weighted by molar-refractivity contribution is 5.94. The number of rotatable bonds is 3. The van der Waals surface area contributed by atoms with E-state index in [-0.39, 0.29) is 11.1 Å². The summed E-state index contributed by atoms with van der Waals surface area (Å²) in [5.41, 5.74) is 4.86. The first kappa shape index (κ1) is 14.8. The average molecular weight is 299 g/mol. The molecule has 2 rings (SSSR count). The predicted octanol–water partition coefficient (Wildman–Crippen LogP) is 3.49. The van der Waals surface area contributed by atoms with Crippen LogP contribution in [0.3, 0.4) is 0 Å². The van der Waals surface area contributed by atoms with Gasteiger partial charge in [0.15, 0.2) is 0 Å². The van der Waals surface area contributed by atoms with Gasteiger partial charge in [-0.05, 0) is 23.8 Å². The highest BCUT2D eigenvalue weighted by Crippen LogP contribution is 2.34. The third-order valence-electron chi connectivity index (χ3n) is 2.66. The van der Waals surface area contributed by atoms with E-state index in [0.29, 0.717) is 0 Å². The fourth-order valence-corrected chi connectivity index (χ4v) is 1.80. The Kier molecular flexibility index (Phi) is 3.84. The summed E-state index contributed by atoms with van der Waals surface area (Å²) >= 11 is 0. The van der Waals surface area contributed by atoms with E-state index in [9.17, 15) is 22.4 Å². The SMILES string of the molecule is NC(=O)c1cc(-c2ccccc2OC(F)(F)F)ccc1F. The highest BCUT2D eigenvalue weighted by Gasteiger charge is 2.32. The molecular weight excluding hydrogens is 290 g/mol. The van der Waals surface area contributed by atoms with Crippen LogP contribution in [0.15, 0.2) is 42.5 Å². The number of halogens is 4. The maximum absolute atomic E-state index is 13.4. The van der Waals surface area contributed by atoms with Crippen molar-refractivity contribution in [2.45, 2.75) is 6.36 Å². The van der Waals surface area contributed by atoms with Gasteiger partial charge >= 0.3 is 6.36 Å². The van der Waals surface area contributed by atoms with Crippen LogP contribution in [0.2, 0.25) is 0 Å². The summed E-state index contributed by atoms with van der Waals surface area (Å²) in [5, 5.41) is 0. The summed E-state index contributed by atoms with van der Waals surface area (Å²) in [6.45, 7) is 0. The fraction of sp³-hybridized carbons (Fsp3) is 0.0714. The van der Waals surface area contributed by atoms with Gasteiger partial charge in [-0.15, -0.1) is 13.2 Å². The fourth-order valence-electron chi connectivity index (χ4n) is 1.80. The number of carbonyl (C=O) groups is 1. The van der Waals surface area contributed by atoms with Crippen LogP contribution in [-0.2, 0) is 0 Å². The number of nitrogens with two attached hydrogens (primary N) is 1. The number of ether oxygens (including phenoxy) is 1. The summed E-state index contributed by atoms with van der Waals surface area (Å²) < 4.78 is 54.4. The molecule has 0 unspecified atom stereocenters. The number of carbonyl (C=O) groups excluding carboxylic acids is 1. The quantitative estimate of drug-likeness (QED) is 0.882. The molecule has 21 heavy (non-hydrogen) atoms. The van der Waals surface area contributed by atoms with Gasteiger partial charge < -0.3 is 10.5 Å². The monoisotopic (exact) mass is 299 g/mol. The third kappa shape index (κ3) is 3.50. The lowest BCUT2D eigenvalue weighted by molar-refractivity contribution is -0.274. The van der Waals surface area contributed by atoms with Crippen LogP contribution in [0, 0.1) is 5.82 Å². The molecule has 110 valence electrons. The van der Waals surface area contributed by atoms with E-state index in [1.165, 1.54) is 24.3 Å². The lowest BCUT2D eigenvalue weighted by Gasteiger charge is -2.13. The van der Waals surface area contributed by atoms with Crippen LogP contribution < -0.4 is 10.5 Å². The molecule has 0 bridgehead atoms. The standard InChI is InChI=1S/C14H9F4NO2/c15-11-6-5-8(7-10(11)13(19)20)9-3-1-2-4-12(9)21-14(16,17)18/h1-7H,(H2,19,20). The molecule has 0 atom stereocenters. The molecule has 2 N–H and O–H groups in total. The smallest absolute Gasteiger partial charge is 0.405 e. The van der Waals surface area contributed by atoms with Crippen molar-refractivity contribution in [3.63, 3.8) is 0 Å². The summed E-state index contributed by atoms with van der Waals surface area (Å²) in [7, 11) is 0. The Morgan fingerprint density at radius 2 is 1.76 bits per heavy atom. The summed E-state index contributed by atoms with van der Waals surface area (Å²) in [6, 6.07) is 8.61. The van der Waals surface area contributed by atoms with E-state index < -0.39 is 29.4 Å². The Balaban J connectivity index is 2.52. The number of hydrogen-bond acceptors (Lipinski definition) is 2. The van der Waals surface area contributed by atoms with Crippen molar-refractivity contribution in [2.75, 3.05) is 0 Å². The van der Waals surface area contributed by atoms with Crippen LogP contribution in [0.5, 0.6) is 5.75 Å². The Morgan fingerprint density at radius 3 is 2.38 bits per heavy atom. The van der Waals surface area contributed by atoms with Gasteiger partial charge in [-0.25, -0.2) is 4.39 Å². The van der Waals surface area contributed by atoms with Crippen molar-refractivity contribution in [3.05, 3.63) is 53.8 Å². The van der Waals surface area contributed by atoms with Gasteiger partial charge in [0.2, 0.25) is 0 Å². The normalized spacial score (nSPS) is 11.2. The highest BCUT2D eigenvalue weighted by atomic mass is 19.4. The topological polar surface area (TPSA) is 52.3 Å².